The normalized spacial score (nSPS) is 11.1. The molecule has 1 aromatic carbocycles. The maximum absolute atomic E-state index is 10.9. The third-order valence-corrected chi connectivity index (χ3v) is 2.36. The predicted molar refractivity (Wildman–Crippen MR) is 58.4 cm³/mol. The molecule has 0 unspecified atom stereocenters. The van der Waals surface area contributed by atoms with Crippen molar-refractivity contribution in [1.29, 1.82) is 0 Å². The minimum absolute atomic E-state index is 0.207. The van der Waals surface area contributed by atoms with Crippen LogP contribution in [0, 0.1) is 0 Å². The first-order chi connectivity index (χ1) is 6.96. The molecule has 0 aromatic heterocycles. The van der Waals surface area contributed by atoms with Crippen molar-refractivity contribution in [2.24, 2.45) is 0 Å². The van der Waals surface area contributed by atoms with Gasteiger partial charge >= 0.3 is 5.97 Å². The summed E-state index contributed by atoms with van der Waals surface area (Å²) in [4.78, 5) is 10.9. The zero-order valence-electron chi connectivity index (χ0n) is 9.28. The average molecular weight is 208 g/mol. The van der Waals surface area contributed by atoms with Crippen LogP contribution >= 0.6 is 0 Å². The lowest BCUT2D eigenvalue weighted by Crippen LogP contribution is -2.27. The Morgan fingerprint density at radius 3 is 2.53 bits per heavy atom. The Balaban J connectivity index is 2.99. The molecule has 0 spiro atoms. The van der Waals surface area contributed by atoms with Crippen molar-refractivity contribution in [3.05, 3.63) is 29.8 Å². The first kappa shape index (κ1) is 11.6. The molecule has 3 nitrogen and oxygen atoms in total. The number of hydrogen-bond acceptors (Lipinski definition) is 2. The van der Waals surface area contributed by atoms with Gasteiger partial charge in [-0.25, -0.2) is 4.79 Å². The summed E-state index contributed by atoms with van der Waals surface area (Å²) in [5.41, 5.74) is -0.134. The van der Waals surface area contributed by atoms with Gasteiger partial charge in [-0.05, 0) is 32.4 Å². The van der Waals surface area contributed by atoms with Crippen molar-refractivity contribution in [2.45, 2.75) is 32.8 Å². The number of aromatic carboxylic acids is 1. The topological polar surface area (TPSA) is 46.5 Å². The Bertz CT molecular complexity index is 356. The zero-order chi connectivity index (χ0) is 11.5. The lowest BCUT2D eigenvalue weighted by atomic mass is 10.1. The number of ether oxygens (including phenoxy) is 1. The van der Waals surface area contributed by atoms with Gasteiger partial charge in [0.2, 0.25) is 0 Å². The molecule has 82 valence electrons. The highest BCUT2D eigenvalue weighted by Crippen LogP contribution is 2.24. The highest BCUT2D eigenvalue weighted by Gasteiger charge is 2.20. The van der Waals surface area contributed by atoms with E-state index in [2.05, 4.69) is 0 Å². The van der Waals surface area contributed by atoms with E-state index in [4.69, 9.17) is 9.84 Å². The largest absolute Gasteiger partial charge is 0.487 e. The second kappa shape index (κ2) is 4.34. The molecule has 0 aliphatic heterocycles. The van der Waals surface area contributed by atoms with Gasteiger partial charge < -0.3 is 9.84 Å². The number of hydrogen-bond donors (Lipinski definition) is 1. The highest BCUT2D eigenvalue weighted by atomic mass is 16.5. The molecule has 0 amide bonds. The van der Waals surface area contributed by atoms with Crippen LogP contribution in [-0.2, 0) is 0 Å². The van der Waals surface area contributed by atoms with E-state index in [1.807, 2.05) is 20.8 Å². The van der Waals surface area contributed by atoms with Gasteiger partial charge in [0, 0.05) is 0 Å². The fourth-order valence-electron chi connectivity index (χ4n) is 1.10. The van der Waals surface area contributed by atoms with Gasteiger partial charge in [0.25, 0.3) is 0 Å². The molecule has 1 aromatic rings. The fourth-order valence-corrected chi connectivity index (χ4v) is 1.10. The zero-order valence-corrected chi connectivity index (χ0v) is 9.28. The Morgan fingerprint density at radius 2 is 2.00 bits per heavy atom. The first-order valence-electron chi connectivity index (χ1n) is 4.97. The van der Waals surface area contributed by atoms with E-state index < -0.39 is 5.97 Å². The Morgan fingerprint density at radius 1 is 1.40 bits per heavy atom. The van der Waals surface area contributed by atoms with Gasteiger partial charge in [-0.2, -0.15) is 0 Å². The number of benzene rings is 1. The van der Waals surface area contributed by atoms with Crippen LogP contribution < -0.4 is 4.74 Å². The summed E-state index contributed by atoms with van der Waals surface area (Å²) in [5, 5.41) is 8.96. The molecular formula is C12H16O3. The highest BCUT2D eigenvalue weighted by molar-refractivity contribution is 5.90. The minimum atomic E-state index is -0.961. The van der Waals surface area contributed by atoms with Crippen molar-refractivity contribution in [2.75, 3.05) is 0 Å². The average Bonchev–Trinajstić information content (AvgIpc) is 2.18. The van der Waals surface area contributed by atoms with E-state index in [1.54, 1.807) is 24.3 Å². The lowest BCUT2D eigenvalue weighted by molar-refractivity contribution is 0.0672. The van der Waals surface area contributed by atoms with Gasteiger partial charge in [0.05, 0.1) is 0 Å². The van der Waals surface area contributed by atoms with E-state index in [-0.39, 0.29) is 11.2 Å². The van der Waals surface area contributed by atoms with Crippen molar-refractivity contribution in [1.82, 2.24) is 0 Å². The third kappa shape index (κ3) is 2.98. The van der Waals surface area contributed by atoms with Crippen LogP contribution in [0.1, 0.15) is 37.6 Å². The van der Waals surface area contributed by atoms with Crippen LogP contribution in [0.25, 0.3) is 0 Å². The molecule has 1 rings (SSSR count). The molecule has 0 atom stereocenters. The van der Waals surface area contributed by atoms with Crippen LogP contribution in [0.4, 0.5) is 0 Å². The number of carboxylic acid groups (broad SMARTS) is 1. The van der Waals surface area contributed by atoms with E-state index in [0.717, 1.165) is 6.42 Å². The summed E-state index contributed by atoms with van der Waals surface area (Å²) in [6, 6.07) is 6.69. The van der Waals surface area contributed by atoms with Gasteiger partial charge in [-0.3, -0.25) is 0 Å². The molecule has 1 N–H and O–H groups in total. The van der Waals surface area contributed by atoms with E-state index in [9.17, 15) is 4.79 Å². The van der Waals surface area contributed by atoms with Crippen molar-refractivity contribution in [3.8, 4) is 5.75 Å². The molecule has 0 heterocycles. The Labute approximate surface area is 89.7 Å². The van der Waals surface area contributed by atoms with Gasteiger partial charge in [0.15, 0.2) is 0 Å². The Kier molecular flexibility index (Phi) is 3.35. The molecule has 0 fully saturated rings. The number of carboxylic acids is 1. The van der Waals surface area contributed by atoms with Gasteiger partial charge in [-0.15, -0.1) is 0 Å². The van der Waals surface area contributed by atoms with Crippen LogP contribution in [-0.4, -0.2) is 16.7 Å². The molecule has 0 aliphatic rings. The third-order valence-electron chi connectivity index (χ3n) is 2.36. The standard InChI is InChI=1S/C12H16O3/c1-4-12(2,3)15-10-8-6-5-7-9(10)11(13)14/h5-8H,4H2,1-3H3,(H,13,14). The summed E-state index contributed by atoms with van der Waals surface area (Å²) < 4.78 is 5.66. The molecule has 3 heteroatoms. The number of carbonyl (C=O) groups is 1. The van der Waals surface area contributed by atoms with Crippen molar-refractivity contribution < 1.29 is 14.6 Å². The maximum Gasteiger partial charge on any atom is 0.339 e. The van der Waals surface area contributed by atoms with Crippen LogP contribution in [0.5, 0.6) is 5.75 Å². The molecular weight excluding hydrogens is 192 g/mol. The van der Waals surface area contributed by atoms with Gasteiger partial charge in [-0.1, -0.05) is 19.1 Å². The molecule has 0 saturated carbocycles. The Hall–Kier alpha value is -1.51. The molecule has 0 aliphatic carbocycles. The van der Waals surface area contributed by atoms with Crippen LogP contribution in [0.3, 0.4) is 0 Å². The summed E-state index contributed by atoms with van der Waals surface area (Å²) in [6.07, 6.45) is 0.820. The van der Waals surface area contributed by atoms with Crippen molar-refractivity contribution in [3.63, 3.8) is 0 Å². The van der Waals surface area contributed by atoms with Crippen LogP contribution in [0.2, 0.25) is 0 Å². The summed E-state index contributed by atoms with van der Waals surface area (Å²) in [5.74, 6) is -0.533. The summed E-state index contributed by atoms with van der Waals surface area (Å²) >= 11 is 0. The molecule has 0 bridgehead atoms. The second-order valence-electron chi connectivity index (χ2n) is 4.02. The smallest absolute Gasteiger partial charge is 0.339 e. The second-order valence-corrected chi connectivity index (χ2v) is 4.02. The van der Waals surface area contributed by atoms with E-state index in [0.29, 0.717) is 5.75 Å². The summed E-state index contributed by atoms with van der Waals surface area (Å²) in [7, 11) is 0. The molecule has 15 heavy (non-hydrogen) atoms. The number of para-hydroxylation sites is 1. The van der Waals surface area contributed by atoms with Gasteiger partial charge in [0.1, 0.15) is 16.9 Å². The maximum atomic E-state index is 10.9. The molecule has 0 radical (unpaired) electrons. The monoisotopic (exact) mass is 208 g/mol. The predicted octanol–water partition coefficient (Wildman–Crippen LogP) is 2.95. The van der Waals surface area contributed by atoms with Crippen LogP contribution in [0.15, 0.2) is 24.3 Å². The molecule has 0 saturated heterocycles. The van der Waals surface area contributed by atoms with E-state index >= 15 is 0 Å². The van der Waals surface area contributed by atoms with Crippen molar-refractivity contribution >= 4 is 5.97 Å². The lowest BCUT2D eigenvalue weighted by Gasteiger charge is -2.25. The first-order valence-corrected chi connectivity index (χ1v) is 4.97. The minimum Gasteiger partial charge on any atom is -0.487 e. The van der Waals surface area contributed by atoms with E-state index in [1.165, 1.54) is 0 Å². The summed E-state index contributed by atoms with van der Waals surface area (Å²) in [6.45, 7) is 5.88. The number of rotatable bonds is 4. The quantitative estimate of drug-likeness (QED) is 0.827. The fraction of sp³-hybridized carbons (Fsp3) is 0.417. The SMILES string of the molecule is CCC(C)(C)Oc1ccccc1C(=O)O.